The highest BCUT2D eigenvalue weighted by atomic mass is 16.3. The van der Waals surface area contributed by atoms with E-state index in [0.717, 1.165) is 12.8 Å². The van der Waals surface area contributed by atoms with Crippen LogP contribution in [0.15, 0.2) is 17.2 Å². The molecule has 0 aliphatic carbocycles. The van der Waals surface area contributed by atoms with Crippen LogP contribution in [0.2, 0.25) is 0 Å². The molecule has 0 spiro atoms. The van der Waals surface area contributed by atoms with Gasteiger partial charge in [0.25, 0.3) is 5.56 Å². The quantitative estimate of drug-likeness (QED) is 0.704. The van der Waals surface area contributed by atoms with E-state index >= 15 is 0 Å². The van der Waals surface area contributed by atoms with Crippen molar-refractivity contribution in [2.75, 3.05) is 18.5 Å². The van der Waals surface area contributed by atoms with Crippen molar-refractivity contribution in [1.29, 1.82) is 0 Å². The SMILES string of the molecule is CC(C)Cn1ccnc(NCCCC(C)CO)c1=O. The fraction of sp³-hybridized carbons (Fsp3) is 0.714. The fourth-order valence-electron chi connectivity index (χ4n) is 1.85. The Morgan fingerprint density at radius 1 is 1.42 bits per heavy atom. The zero-order chi connectivity index (χ0) is 14.3. The second-order valence-electron chi connectivity index (χ2n) is 5.48. The van der Waals surface area contributed by atoms with Crippen LogP contribution >= 0.6 is 0 Å². The molecule has 108 valence electrons. The van der Waals surface area contributed by atoms with E-state index < -0.39 is 0 Å². The Morgan fingerprint density at radius 2 is 2.16 bits per heavy atom. The molecule has 0 saturated heterocycles. The van der Waals surface area contributed by atoms with Crippen molar-refractivity contribution in [3.05, 3.63) is 22.7 Å². The van der Waals surface area contributed by atoms with Crippen LogP contribution in [0.1, 0.15) is 33.6 Å². The molecule has 0 bridgehead atoms. The zero-order valence-corrected chi connectivity index (χ0v) is 12.1. The number of rotatable bonds is 8. The predicted molar refractivity (Wildman–Crippen MR) is 77.3 cm³/mol. The Bertz CT molecular complexity index is 429. The lowest BCUT2D eigenvalue weighted by Gasteiger charge is -2.11. The minimum atomic E-state index is -0.0635. The first-order valence-electron chi connectivity index (χ1n) is 6.94. The molecule has 5 nitrogen and oxygen atoms in total. The third-order valence-corrected chi connectivity index (χ3v) is 2.95. The van der Waals surface area contributed by atoms with Crippen LogP contribution in [0.5, 0.6) is 0 Å². The molecule has 0 amide bonds. The summed E-state index contributed by atoms with van der Waals surface area (Å²) in [4.78, 5) is 16.2. The van der Waals surface area contributed by atoms with Crippen LogP contribution < -0.4 is 10.9 Å². The van der Waals surface area contributed by atoms with Gasteiger partial charge in [-0.25, -0.2) is 4.98 Å². The van der Waals surface area contributed by atoms with Gasteiger partial charge in [-0.05, 0) is 24.7 Å². The molecule has 1 aromatic rings. The first-order valence-corrected chi connectivity index (χ1v) is 6.94. The lowest BCUT2D eigenvalue weighted by molar-refractivity contribution is 0.229. The van der Waals surface area contributed by atoms with E-state index in [9.17, 15) is 4.79 Å². The number of anilines is 1. The Kier molecular flexibility index (Phi) is 6.56. The molecule has 0 fully saturated rings. The van der Waals surface area contributed by atoms with Gasteiger partial charge in [-0.2, -0.15) is 0 Å². The van der Waals surface area contributed by atoms with E-state index in [4.69, 9.17) is 5.11 Å². The van der Waals surface area contributed by atoms with Gasteiger partial charge < -0.3 is 15.0 Å². The predicted octanol–water partition coefficient (Wildman–Crippen LogP) is 1.72. The molecule has 0 aromatic carbocycles. The summed E-state index contributed by atoms with van der Waals surface area (Å²) in [6.07, 6.45) is 5.24. The van der Waals surface area contributed by atoms with Crippen molar-refractivity contribution < 1.29 is 5.11 Å². The molecule has 0 saturated carbocycles. The van der Waals surface area contributed by atoms with Gasteiger partial charge in [0, 0.05) is 32.1 Å². The summed E-state index contributed by atoms with van der Waals surface area (Å²) < 4.78 is 1.69. The van der Waals surface area contributed by atoms with Crippen LogP contribution in [0.25, 0.3) is 0 Å². The van der Waals surface area contributed by atoms with Crippen LogP contribution in [0.3, 0.4) is 0 Å². The van der Waals surface area contributed by atoms with Gasteiger partial charge in [-0.15, -0.1) is 0 Å². The minimum absolute atomic E-state index is 0.0635. The normalized spacial score (nSPS) is 12.7. The summed E-state index contributed by atoms with van der Waals surface area (Å²) >= 11 is 0. The molecule has 1 atom stereocenters. The second-order valence-corrected chi connectivity index (χ2v) is 5.48. The van der Waals surface area contributed by atoms with Crippen LogP contribution in [0, 0.1) is 11.8 Å². The Morgan fingerprint density at radius 3 is 2.79 bits per heavy atom. The third-order valence-electron chi connectivity index (χ3n) is 2.95. The largest absolute Gasteiger partial charge is 0.396 e. The summed E-state index contributed by atoms with van der Waals surface area (Å²) in [5.41, 5.74) is -0.0635. The molecular formula is C14H25N3O2. The van der Waals surface area contributed by atoms with Gasteiger partial charge in [-0.3, -0.25) is 4.79 Å². The lowest BCUT2D eigenvalue weighted by Crippen LogP contribution is -2.26. The highest BCUT2D eigenvalue weighted by Crippen LogP contribution is 2.04. The summed E-state index contributed by atoms with van der Waals surface area (Å²) in [6, 6.07) is 0. The molecule has 1 aromatic heterocycles. The maximum absolute atomic E-state index is 12.1. The first kappa shape index (κ1) is 15.7. The number of hydrogen-bond acceptors (Lipinski definition) is 4. The molecule has 0 aliphatic rings. The summed E-state index contributed by atoms with van der Waals surface area (Å²) in [7, 11) is 0. The number of nitrogens with zero attached hydrogens (tertiary/aromatic N) is 2. The molecule has 5 heteroatoms. The van der Waals surface area contributed by atoms with Crippen molar-refractivity contribution in [2.24, 2.45) is 11.8 Å². The number of aromatic nitrogens is 2. The Hall–Kier alpha value is -1.36. The number of hydrogen-bond donors (Lipinski definition) is 2. The standard InChI is InChI=1S/C14H25N3O2/c1-11(2)9-17-8-7-16-13(14(17)19)15-6-4-5-12(3)10-18/h7-8,11-12,18H,4-6,9-10H2,1-3H3,(H,15,16). The van der Waals surface area contributed by atoms with Gasteiger partial charge in [0.15, 0.2) is 5.82 Å². The molecule has 0 radical (unpaired) electrons. The molecule has 2 N–H and O–H groups in total. The number of nitrogens with one attached hydrogen (secondary N) is 1. The molecular weight excluding hydrogens is 242 g/mol. The van der Waals surface area contributed by atoms with Gasteiger partial charge in [0.1, 0.15) is 0 Å². The van der Waals surface area contributed by atoms with Crippen molar-refractivity contribution in [1.82, 2.24) is 9.55 Å². The van der Waals surface area contributed by atoms with E-state index in [1.54, 1.807) is 17.0 Å². The first-order chi connectivity index (χ1) is 9.04. The highest BCUT2D eigenvalue weighted by molar-refractivity contribution is 5.30. The molecule has 19 heavy (non-hydrogen) atoms. The summed E-state index contributed by atoms with van der Waals surface area (Å²) in [5.74, 6) is 1.15. The van der Waals surface area contributed by atoms with Crippen LogP contribution in [-0.2, 0) is 6.54 Å². The van der Waals surface area contributed by atoms with Gasteiger partial charge in [0.05, 0.1) is 0 Å². The second kappa shape index (κ2) is 7.94. The van der Waals surface area contributed by atoms with E-state index in [0.29, 0.717) is 30.7 Å². The summed E-state index contributed by atoms with van der Waals surface area (Å²) in [5, 5.41) is 12.0. The van der Waals surface area contributed by atoms with Crippen LogP contribution in [0.4, 0.5) is 5.82 Å². The average Bonchev–Trinajstić information content (AvgIpc) is 2.37. The van der Waals surface area contributed by atoms with Crippen molar-refractivity contribution >= 4 is 5.82 Å². The molecule has 1 unspecified atom stereocenters. The van der Waals surface area contributed by atoms with E-state index in [-0.39, 0.29) is 12.2 Å². The Balaban J connectivity index is 2.52. The van der Waals surface area contributed by atoms with Gasteiger partial charge >= 0.3 is 0 Å². The maximum Gasteiger partial charge on any atom is 0.293 e. The average molecular weight is 267 g/mol. The van der Waals surface area contributed by atoms with E-state index in [1.165, 1.54) is 0 Å². The summed E-state index contributed by atoms with van der Waals surface area (Å²) in [6.45, 7) is 7.80. The Labute approximate surface area is 114 Å². The fourth-order valence-corrected chi connectivity index (χ4v) is 1.85. The van der Waals surface area contributed by atoms with Crippen molar-refractivity contribution in [3.63, 3.8) is 0 Å². The van der Waals surface area contributed by atoms with E-state index in [1.807, 2.05) is 6.92 Å². The van der Waals surface area contributed by atoms with Crippen LogP contribution in [-0.4, -0.2) is 27.8 Å². The molecule has 0 aliphatic heterocycles. The van der Waals surface area contributed by atoms with Crippen molar-refractivity contribution in [2.45, 2.75) is 40.2 Å². The number of aliphatic hydroxyl groups is 1. The molecule has 1 heterocycles. The lowest BCUT2D eigenvalue weighted by atomic mass is 10.1. The van der Waals surface area contributed by atoms with Crippen molar-refractivity contribution in [3.8, 4) is 0 Å². The minimum Gasteiger partial charge on any atom is -0.396 e. The van der Waals surface area contributed by atoms with Gasteiger partial charge in [0.2, 0.25) is 0 Å². The van der Waals surface area contributed by atoms with E-state index in [2.05, 4.69) is 24.1 Å². The number of aliphatic hydroxyl groups excluding tert-OH is 1. The third kappa shape index (κ3) is 5.42. The monoisotopic (exact) mass is 267 g/mol. The highest BCUT2D eigenvalue weighted by Gasteiger charge is 2.06. The maximum atomic E-state index is 12.1. The molecule has 1 rings (SSSR count). The van der Waals surface area contributed by atoms with Gasteiger partial charge in [-0.1, -0.05) is 20.8 Å². The topological polar surface area (TPSA) is 67.2 Å². The smallest absolute Gasteiger partial charge is 0.293 e. The zero-order valence-electron chi connectivity index (χ0n) is 12.1.